The number of rotatable bonds is 2. The highest BCUT2D eigenvalue weighted by atomic mass is 35.5. The summed E-state index contributed by atoms with van der Waals surface area (Å²) in [6, 6.07) is 6.68. The molecule has 1 heterocycles. The zero-order valence-corrected chi connectivity index (χ0v) is 10.2. The van der Waals surface area contributed by atoms with E-state index in [4.69, 9.17) is 28.3 Å². The molecule has 0 aliphatic carbocycles. The molecule has 3 nitrogen and oxygen atoms in total. The van der Waals surface area contributed by atoms with E-state index in [1.165, 1.54) is 6.07 Å². The highest BCUT2D eigenvalue weighted by Crippen LogP contribution is 2.30. The molecule has 2 N–H and O–H groups in total. The lowest BCUT2D eigenvalue weighted by atomic mass is 10.1. The fourth-order valence-corrected chi connectivity index (χ4v) is 1.73. The van der Waals surface area contributed by atoms with E-state index in [1.54, 1.807) is 24.4 Å². The van der Waals surface area contributed by atoms with Crippen molar-refractivity contribution in [2.24, 2.45) is 0 Å². The molecule has 0 radical (unpaired) electrons. The van der Waals surface area contributed by atoms with Crippen LogP contribution in [0.15, 0.2) is 30.5 Å². The number of benzene rings is 1. The van der Waals surface area contributed by atoms with E-state index in [1.807, 2.05) is 0 Å². The molecule has 0 aliphatic rings. The van der Waals surface area contributed by atoms with Crippen LogP contribution in [0.5, 0.6) is 5.75 Å². The molecule has 2 rings (SSSR count). The molecule has 0 bridgehead atoms. The molecule has 0 saturated heterocycles. The van der Waals surface area contributed by atoms with Gasteiger partial charge in [0.2, 0.25) is 0 Å². The Labute approximate surface area is 108 Å². The Morgan fingerprint density at radius 1 is 1.06 bits per heavy atom. The van der Waals surface area contributed by atoms with Crippen LogP contribution in [0.1, 0.15) is 5.69 Å². The van der Waals surface area contributed by atoms with Crippen molar-refractivity contribution in [3.8, 4) is 16.9 Å². The Morgan fingerprint density at radius 3 is 2.41 bits per heavy atom. The lowest BCUT2D eigenvalue weighted by Crippen LogP contribution is -1.90. The Kier molecular flexibility index (Phi) is 3.52. The van der Waals surface area contributed by atoms with Gasteiger partial charge in [-0.05, 0) is 23.8 Å². The average molecular weight is 270 g/mol. The first-order chi connectivity index (χ1) is 8.11. The van der Waals surface area contributed by atoms with Crippen LogP contribution in [0.3, 0.4) is 0 Å². The molecule has 88 valence electrons. The van der Waals surface area contributed by atoms with Crippen molar-refractivity contribution in [1.82, 2.24) is 4.98 Å². The van der Waals surface area contributed by atoms with E-state index in [-0.39, 0.29) is 18.1 Å². The third kappa shape index (κ3) is 2.52. The number of nitrogens with zero attached hydrogens (tertiary/aromatic N) is 1. The molecule has 1 aromatic heterocycles. The van der Waals surface area contributed by atoms with E-state index < -0.39 is 0 Å². The van der Waals surface area contributed by atoms with E-state index >= 15 is 0 Å². The fourth-order valence-electron chi connectivity index (χ4n) is 1.44. The summed E-state index contributed by atoms with van der Waals surface area (Å²) in [7, 11) is 0. The number of aliphatic hydroxyl groups excluding tert-OH is 1. The van der Waals surface area contributed by atoms with Crippen molar-refractivity contribution in [3.63, 3.8) is 0 Å². The van der Waals surface area contributed by atoms with Gasteiger partial charge < -0.3 is 10.2 Å². The van der Waals surface area contributed by atoms with E-state index in [0.29, 0.717) is 15.6 Å². The SMILES string of the molecule is OCc1ncc(-c2ccc(Cl)c(Cl)c2)cc1O. The number of hydrogen-bond acceptors (Lipinski definition) is 3. The van der Waals surface area contributed by atoms with Crippen molar-refractivity contribution >= 4 is 23.2 Å². The predicted octanol–water partition coefficient (Wildman–Crippen LogP) is 3.25. The predicted molar refractivity (Wildman–Crippen MR) is 67.3 cm³/mol. The molecule has 0 amide bonds. The summed E-state index contributed by atoms with van der Waals surface area (Å²) in [5, 5.41) is 19.4. The highest BCUT2D eigenvalue weighted by molar-refractivity contribution is 6.42. The van der Waals surface area contributed by atoms with Gasteiger partial charge in [-0.1, -0.05) is 29.3 Å². The lowest BCUT2D eigenvalue weighted by molar-refractivity contribution is 0.270. The summed E-state index contributed by atoms with van der Waals surface area (Å²) >= 11 is 11.7. The summed E-state index contributed by atoms with van der Waals surface area (Å²) in [5.74, 6) is -0.0453. The first-order valence-corrected chi connectivity index (χ1v) is 5.61. The summed E-state index contributed by atoms with van der Waals surface area (Å²) in [6.07, 6.45) is 1.56. The number of pyridine rings is 1. The maximum Gasteiger partial charge on any atom is 0.140 e. The smallest absolute Gasteiger partial charge is 0.140 e. The van der Waals surface area contributed by atoms with Crippen LogP contribution in [-0.2, 0) is 6.61 Å². The van der Waals surface area contributed by atoms with Crippen molar-refractivity contribution in [2.75, 3.05) is 0 Å². The molecule has 1 aromatic carbocycles. The fraction of sp³-hybridized carbons (Fsp3) is 0.0833. The van der Waals surface area contributed by atoms with Crippen LogP contribution in [0.4, 0.5) is 0 Å². The van der Waals surface area contributed by atoms with Gasteiger partial charge in [0.25, 0.3) is 0 Å². The zero-order chi connectivity index (χ0) is 12.4. The molecule has 0 aliphatic heterocycles. The van der Waals surface area contributed by atoms with Crippen molar-refractivity contribution < 1.29 is 10.2 Å². The Hall–Kier alpha value is -1.29. The van der Waals surface area contributed by atoms with Gasteiger partial charge in [0.1, 0.15) is 11.4 Å². The molecule has 0 atom stereocenters. The number of aliphatic hydroxyl groups is 1. The summed E-state index contributed by atoms with van der Waals surface area (Å²) in [6.45, 7) is -0.298. The van der Waals surface area contributed by atoms with Gasteiger partial charge in [-0.2, -0.15) is 0 Å². The molecular weight excluding hydrogens is 261 g/mol. The first-order valence-electron chi connectivity index (χ1n) is 4.86. The summed E-state index contributed by atoms with van der Waals surface area (Å²) in [5.41, 5.74) is 1.75. The maximum absolute atomic E-state index is 9.60. The van der Waals surface area contributed by atoms with Gasteiger partial charge in [0.05, 0.1) is 16.7 Å². The second-order valence-corrected chi connectivity index (χ2v) is 4.29. The number of aromatic hydroxyl groups is 1. The van der Waals surface area contributed by atoms with Crippen LogP contribution >= 0.6 is 23.2 Å². The molecule has 17 heavy (non-hydrogen) atoms. The van der Waals surface area contributed by atoms with Gasteiger partial charge in [-0.3, -0.25) is 4.98 Å². The van der Waals surface area contributed by atoms with Crippen molar-refractivity contribution in [3.05, 3.63) is 46.2 Å². The second kappa shape index (κ2) is 4.92. The highest BCUT2D eigenvalue weighted by Gasteiger charge is 2.06. The standard InChI is InChI=1S/C12H9Cl2NO2/c13-9-2-1-7(3-10(9)14)8-4-12(17)11(6-16)15-5-8/h1-5,16-17H,6H2. The number of halogens is 2. The van der Waals surface area contributed by atoms with Crippen LogP contribution in [0.25, 0.3) is 11.1 Å². The third-order valence-corrected chi connectivity index (χ3v) is 3.09. The van der Waals surface area contributed by atoms with Gasteiger partial charge in [0.15, 0.2) is 0 Å². The maximum atomic E-state index is 9.60. The topological polar surface area (TPSA) is 53.4 Å². The van der Waals surface area contributed by atoms with E-state index in [2.05, 4.69) is 4.98 Å². The Bertz CT molecular complexity index is 558. The van der Waals surface area contributed by atoms with Gasteiger partial charge in [-0.25, -0.2) is 0 Å². The van der Waals surface area contributed by atoms with Crippen LogP contribution < -0.4 is 0 Å². The third-order valence-electron chi connectivity index (χ3n) is 2.35. The molecule has 0 unspecified atom stereocenters. The van der Waals surface area contributed by atoms with Gasteiger partial charge in [0, 0.05) is 11.8 Å². The minimum atomic E-state index is -0.298. The minimum absolute atomic E-state index is 0.0453. The van der Waals surface area contributed by atoms with Gasteiger partial charge in [-0.15, -0.1) is 0 Å². The number of hydrogen-bond donors (Lipinski definition) is 2. The molecule has 2 aromatic rings. The van der Waals surface area contributed by atoms with Crippen LogP contribution in [0.2, 0.25) is 10.0 Å². The summed E-state index contributed by atoms with van der Waals surface area (Å²) < 4.78 is 0. The Morgan fingerprint density at radius 2 is 1.82 bits per heavy atom. The van der Waals surface area contributed by atoms with E-state index in [0.717, 1.165) is 5.56 Å². The monoisotopic (exact) mass is 269 g/mol. The van der Waals surface area contributed by atoms with Crippen LogP contribution in [0, 0.1) is 0 Å². The average Bonchev–Trinajstić information content (AvgIpc) is 2.32. The molecule has 0 spiro atoms. The molecular formula is C12H9Cl2NO2. The zero-order valence-electron chi connectivity index (χ0n) is 8.69. The first kappa shape index (κ1) is 12.2. The van der Waals surface area contributed by atoms with Crippen LogP contribution in [-0.4, -0.2) is 15.2 Å². The van der Waals surface area contributed by atoms with Gasteiger partial charge >= 0.3 is 0 Å². The van der Waals surface area contributed by atoms with Crippen molar-refractivity contribution in [2.45, 2.75) is 6.61 Å². The summed E-state index contributed by atoms with van der Waals surface area (Å²) in [4.78, 5) is 3.95. The molecule has 0 saturated carbocycles. The quantitative estimate of drug-likeness (QED) is 0.880. The normalized spacial score (nSPS) is 10.5. The molecule has 0 fully saturated rings. The largest absolute Gasteiger partial charge is 0.506 e. The second-order valence-electron chi connectivity index (χ2n) is 3.48. The van der Waals surface area contributed by atoms with E-state index in [9.17, 15) is 5.11 Å². The Balaban J connectivity index is 2.46. The lowest BCUT2D eigenvalue weighted by Gasteiger charge is -2.06. The van der Waals surface area contributed by atoms with Crippen molar-refractivity contribution in [1.29, 1.82) is 0 Å². The minimum Gasteiger partial charge on any atom is -0.506 e. The molecule has 5 heteroatoms. The number of aromatic nitrogens is 1.